The zero-order valence-corrected chi connectivity index (χ0v) is 15.0. The van der Waals surface area contributed by atoms with Crippen LogP contribution in [0.15, 0.2) is 11.1 Å². The quantitative estimate of drug-likeness (QED) is 0.530. The fourth-order valence-electron chi connectivity index (χ4n) is 1.71. The maximum absolute atomic E-state index is 12.2. The summed E-state index contributed by atoms with van der Waals surface area (Å²) in [6.45, 7) is 13.1. The van der Waals surface area contributed by atoms with E-state index in [9.17, 15) is 4.79 Å². The summed E-state index contributed by atoms with van der Waals surface area (Å²) < 4.78 is 0. The molecule has 0 aromatic carbocycles. The molecule has 0 unspecified atom stereocenters. The van der Waals surface area contributed by atoms with Gasteiger partial charge < -0.3 is 0 Å². The summed E-state index contributed by atoms with van der Waals surface area (Å²) in [7, 11) is -2.85. The van der Waals surface area contributed by atoms with Crippen LogP contribution in [0.1, 0.15) is 19.3 Å². The van der Waals surface area contributed by atoms with Gasteiger partial charge in [-0.15, -0.1) is 11.1 Å². The first-order valence-electron chi connectivity index (χ1n) is 6.91. The molecule has 0 saturated heterocycles. The summed E-state index contributed by atoms with van der Waals surface area (Å²) in [5.74, 6) is 6.13. The van der Waals surface area contributed by atoms with Crippen LogP contribution in [0.5, 0.6) is 0 Å². The van der Waals surface area contributed by atoms with Gasteiger partial charge in [-0.3, -0.25) is 4.79 Å². The topological polar surface area (TPSA) is 17.1 Å². The van der Waals surface area contributed by atoms with E-state index in [0.717, 1.165) is 30.4 Å². The Hall–Kier alpha value is -1.04. The number of ketones is 1. The summed E-state index contributed by atoms with van der Waals surface area (Å²) in [5, 5.41) is 0. The summed E-state index contributed by atoms with van der Waals surface area (Å²) in [5.41, 5.74) is 8.46. The van der Waals surface area contributed by atoms with Crippen molar-refractivity contribution in [2.24, 2.45) is 0 Å². The standard InChI is InChI=1S/C16H24OSi2/c1-18(2,3)12-10-14-8-7-9-15(14)16(17)11-13-19(4,5)6/h7-9H2,1-6H3. The molecule has 1 aliphatic carbocycles. The highest BCUT2D eigenvalue weighted by atomic mass is 28.3. The third kappa shape index (κ3) is 6.10. The van der Waals surface area contributed by atoms with Gasteiger partial charge in [0, 0.05) is 11.1 Å². The van der Waals surface area contributed by atoms with Gasteiger partial charge in [-0.05, 0) is 25.2 Å². The number of hydrogen-bond donors (Lipinski definition) is 0. The van der Waals surface area contributed by atoms with Gasteiger partial charge in [0.1, 0.15) is 16.1 Å². The van der Waals surface area contributed by atoms with Crippen LogP contribution in [0.4, 0.5) is 0 Å². The monoisotopic (exact) mass is 288 g/mol. The van der Waals surface area contributed by atoms with Crippen molar-refractivity contribution in [3.63, 3.8) is 0 Å². The molecule has 0 aromatic heterocycles. The van der Waals surface area contributed by atoms with E-state index in [1.165, 1.54) is 0 Å². The summed E-state index contributed by atoms with van der Waals surface area (Å²) in [4.78, 5) is 12.2. The highest BCUT2D eigenvalue weighted by Crippen LogP contribution is 2.26. The molecule has 3 heteroatoms. The Morgan fingerprint density at radius 1 is 0.947 bits per heavy atom. The molecule has 0 N–H and O–H groups in total. The Bertz CT molecular complexity index is 520. The first-order valence-corrected chi connectivity index (χ1v) is 13.9. The molecule has 0 aliphatic heterocycles. The predicted octanol–water partition coefficient (Wildman–Crippen LogP) is 3.80. The average Bonchev–Trinajstić information content (AvgIpc) is 2.69. The van der Waals surface area contributed by atoms with Crippen molar-refractivity contribution < 1.29 is 4.79 Å². The molecule has 0 atom stereocenters. The predicted molar refractivity (Wildman–Crippen MR) is 88.1 cm³/mol. The lowest BCUT2D eigenvalue weighted by atomic mass is 10.1. The number of hydrogen-bond acceptors (Lipinski definition) is 1. The second-order valence-corrected chi connectivity index (χ2v) is 16.6. The van der Waals surface area contributed by atoms with Crippen molar-refractivity contribution in [3.05, 3.63) is 11.1 Å². The zero-order valence-electron chi connectivity index (χ0n) is 13.0. The maximum Gasteiger partial charge on any atom is 0.232 e. The first kappa shape index (κ1) is 16.0. The molecule has 0 aromatic rings. The molecule has 0 spiro atoms. The fourth-order valence-corrected chi connectivity index (χ4v) is 2.73. The molecule has 0 saturated carbocycles. The second-order valence-electron chi connectivity index (χ2n) is 7.14. The number of rotatable bonds is 1. The number of carbonyl (C=O) groups is 1. The van der Waals surface area contributed by atoms with Gasteiger partial charge in [0.05, 0.1) is 0 Å². The first-order chi connectivity index (χ1) is 8.58. The molecule has 1 rings (SSSR count). The van der Waals surface area contributed by atoms with Crippen LogP contribution < -0.4 is 0 Å². The summed E-state index contributed by atoms with van der Waals surface area (Å²) in [6.07, 6.45) is 2.85. The molecule has 0 bridgehead atoms. The highest BCUT2D eigenvalue weighted by Gasteiger charge is 2.19. The van der Waals surface area contributed by atoms with Gasteiger partial charge in [-0.2, -0.15) is 0 Å². The van der Waals surface area contributed by atoms with Crippen molar-refractivity contribution in [1.82, 2.24) is 0 Å². The number of Topliss-reactive ketones (excluding diaryl/α,β-unsaturated/α-hetero) is 1. The van der Waals surface area contributed by atoms with Crippen LogP contribution in [-0.4, -0.2) is 21.9 Å². The van der Waals surface area contributed by atoms with Crippen molar-refractivity contribution in [1.29, 1.82) is 0 Å². The van der Waals surface area contributed by atoms with Gasteiger partial charge >= 0.3 is 0 Å². The average molecular weight is 289 g/mol. The Labute approximate surface area is 119 Å². The number of allylic oxidation sites excluding steroid dienone is 2. The molecule has 0 heterocycles. The van der Waals surface area contributed by atoms with E-state index in [-0.39, 0.29) is 5.78 Å². The van der Waals surface area contributed by atoms with Gasteiger partial charge in [-0.1, -0.05) is 45.2 Å². The largest absolute Gasteiger partial charge is 0.280 e. The second kappa shape index (κ2) is 5.95. The van der Waals surface area contributed by atoms with Gasteiger partial charge in [0.25, 0.3) is 0 Å². The van der Waals surface area contributed by atoms with Gasteiger partial charge in [0.15, 0.2) is 0 Å². The van der Waals surface area contributed by atoms with Crippen LogP contribution in [0.2, 0.25) is 39.3 Å². The van der Waals surface area contributed by atoms with E-state index in [2.05, 4.69) is 62.2 Å². The maximum atomic E-state index is 12.2. The van der Waals surface area contributed by atoms with Crippen LogP contribution in [-0.2, 0) is 4.79 Å². The molecule has 0 radical (unpaired) electrons. The Kier molecular flexibility index (Phi) is 5.01. The fraction of sp³-hybridized carbons (Fsp3) is 0.562. The van der Waals surface area contributed by atoms with Crippen molar-refractivity contribution >= 4 is 21.9 Å². The minimum atomic E-state index is -1.48. The Balaban J connectivity index is 2.98. The smallest absolute Gasteiger partial charge is 0.232 e. The summed E-state index contributed by atoms with van der Waals surface area (Å²) in [6, 6.07) is 0. The molecule has 1 nitrogen and oxygen atoms in total. The van der Waals surface area contributed by atoms with Crippen molar-refractivity contribution in [2.75, 3.05) is 0 Å². The minimum Gasteiger partial charge on any atom is -0.280 e. The van der Waals surface area contributed by atoms with Crippen LogP contribution in [0.3, 0.4) is 0 Å². The van der Waals surface area contributed by atoms with Crippen molar-refractivity contribution in [2.45, 2.75) is 58.5 Å². The van der Waals surface area contributed by atoms with Gasteiger partial charge in [-0.25, -0.2) is 0 Å². The van der Waals surface area contributed by atoms with E-state index >= 15 is 0 Å². The lowest BCUT2D eigenvalue weighted by Gasteiger charge is -2.04. The van der Waals surface area contributed by atoms with E-state index in [0.29, 0.717) is 0 Å². The molecule has 1 aliphatic rings. The molecule has 0 fully saturated rings. The number of carbonyl (C=O) groups excluding carboxylic acids is 1. The minimum absolute atomic E-state index is 0.0137. The van der Waals surface area contributed by atoms with Crippen LogP contribution in [0.25, 0.3) is 0 Å². The van der Waals surface area contributed by atoms with Crippen LogP contribution >= 0.6 is 0 Å². The molecule has 19 heavy (non-hydrogen) atoms. The third-order valence-corrected chi connectivity index (χ3v) is 4.38. The van der Waals surface area contributed by atoms with E-state index in [1.54, 1.807) is 0 Å². The van der Waals surface area contributed by atoms with E-state index in [1.807, 2.05) is 0 Å². The lowest BCUT2D eigenvalue weighted by Crippen LogP contribution is -2.17. The van der Waals surface area contributed by atoms with Crippen LogP contribution in [0, 0.1) is 22.9 Å². The molecular formula is C16H24OSi2. The van der Waals surface area contributed by atoms with Crippen molar-refractivity contribution in [3.8, 4) is 22.9 Å². The van der Waals surface area contributed by atoms with E-state index < -0.39 is 16.1 Å². The highest BCUT2D eigenvalue weighted by molar-refractivity contribution is 6.84. The molecular weight excluding hydrogens is 264 g/mol. The molecule has 102 valence electrons. The summed E-state index contributed by atoms with van der Waals surface area (Å²) >= 11 is 0. The third-order valence-electron chi connectivity index (χ3n) is 2.63. The zero-order chi connectivity index (χ0) is 14.7. The SMILES string of the molecule is C[Si](C)(C)C#CC(=O)C1=C(C#C[Si](C)(C)C)CCC1. The normalized spacial score (nSPS) is 15.5. The van der Waals surface area contributed by atoms with E-state index in [4.69, 9.17) is 0 Å². The Morgan fingerprint density at radius 3 is 2.05 bits per heavy atom. The Morgan fingerprint density at radius 2 is 1.53 bits per heavy atom. The lowest BCUT2D eigenvalue weighted by molar-refractivity contribution is -0.110. The molecule has 0 amide bonds. The van der Waals surface area contributed by atoms with Gasteiger partial charge in [0.2, 0.25) is 5.78 Å².